The van der Waals surface area contributed by atoms with Crippen molar-refractivity contribution in [3.05, 3.63) is 56.5 Å². The van der Waals surface area contributed by atoms with Crippen LogP contribution in [0.25, 0.3) is 20.9 Å². The zero-order valence-electron chi connectivity index (χ0n) is 6.95. The first kappa shape index (κ1) is 9.85. The van der Waals surface area contributed by atoms with Gasteiger partial charge in [0.15, 0.2) is 0 Å². The number of rotatable bonds is 3. The summed E-state index contributed by atoms with van der Waals surface area (Å²) < 4.78 is 13.1. The first-order chi connectivity index (χ1) is 6.79. The maximum atomic E-state index is 13.1. The van der Waals surface area contributed by atoms with Crippen LogP contribution in [0.15, 0.2) is 34.5 Å². The highest BCUT2D eigenvalue weighted by Crippen LogP contribution is 2.21. The SMILES string of the molecule is [N-]=[N+]=NC(N=[N+]=[N-])c1ccccc1F. The van der Waals surface area contributed by atoms with Crippen LogP contribution in [-0.2, 0) is 0 Å². The van der Waals surface area contributed by atoms with Crippen molar-refractivity contribution in [2.24, 2.45) is 10.2 Å². The fraction of sp³-hybridized carbons (Fsp3) is 0.143. The molecule has 6 nitrogen and oxygen atoms in total. The number of hydrogen-bond acceptors (Lipinski definition) is 2. The van der Waals surface area contributed by atoms with Crippen LogP contribution in [0.4, 0.5) is 4.39 Å². The average Bonchev–Trinajstić information content (AvgIpc) is 2.18. The highest BCUT2D eigenvalue weighted by molar-refractivity contribution is 5.20. The fourth-order valence-electron chi connectivity index (χ4n) is 0.930. The predicted molar refractivity (Wildman–Crippen MR) is 47.4 cm³/mol. The molecule has 1 aromatic carbocycles. The minimum atomic E-state index is -1.17. The number of benzene rings is 1. The zero-order chi connectivity index (χ0) is 10.4. The molecule has 1 aromatic rings. The monoisotopic (exact) mass is 192 g/mol. The van der Waals surface area contributed by atoms with Crippen LogP contribution >= 0.6 is 0 Å². The highest BCUT2D eigenvalue weighted by Gasteiger charge is 2.10. The molecule has 0 atom stereocenters. The Balaban J connectivity index is 3.17. The van der Waals surface area contributed by atoms with E-state index < -0.39 is 12.0 Å². The molecule has 0 bridgehead atoms. The molecule has 0 aliphatic heterocycles. The Morgan fingerprint density at radius 3 is 2.21 bits per heavy atom. The molecule has 70 valence electrons. The molecule has 14 heavy (non-hydrogen) atoms. The Hall–Kier alpha value is -2.23. The van der Waals surface area contributed by atoms with Crippen LogP contribution in [0, 0.1) is 5.82 Å². The molecule has 0 aromatic heterocycles. The van der Waals surface area contributed by atoms with Crippen LogP contribution in [-0.4, -0.2) is 0 Å². The van der Waals surface area contributed by atoms with Crippen molar-refractivity contribution < 1.29 is 4.39 Å². The third-order valence-electron chi connectivity index (χ3n) is 1.51. The third-order valence-corrected chi connectivity index (χ3v) is 1.51. The summed E-state index contributed by atoms with van der Waals surface area (Å²) in [6.07, 6.45) is -1.17. The van der Waals surface area contributed by atoms with E-state index in [0.29, 0.717) is 0 Å². The normalized spacial score (nSPS) is 10.9. The molecule has 0 saturated carbocycles. The topological polar surface area (TPSA) is 97.5 Å². The molecule has 0 N–H and O–H groups in total. The van der Waals surface area contributed by atoms with E-state index in [1.165, 1.54) is 18.2 Å². The molecule has 0 aliphatic carbocycles. The minimum Gasteiger partial charge on any atom is -0.207 e. The van der Waals surface area contributed by atoms with E-state index >= 15 is 0 Å². The van der Waals surface area contributed by atoms with Crippen molar-refractivity contribution in [2.75, 3.05) is 0 Å². The molecule has 0 saturated heterocycles. The van der Waals surface area contributed by atoms with Gasteiger partial charge in [0.2, 0.25) is 0 Å². The van der Waals surface area contributed by atoms with Gasteiger partial charge in [0.25, 0.3) is 0 Å². The average molecular weight is 192 g/mol. The molecule has 0 aliphatic rings. The van der Waals surface area contributed by atoms with E-state index in [1.807, 2.05) is 0 Å². The molecule has 0 amide bonds. The lowest BCUT2D eigenvalue weighted by Crippen LogP contribution is -1.93. The number of azide groups is 1. The molecule has 0 fully saturated rings. The van der Waals surface area contributed by atoms with Gasteiger partial charge in [-0.1, -0.05) is 28.4 Å². The van der Waals surface area contributed by atoms with Gasteiger partial charge in [0, 0.05) is 15.4 Å². The zero-order valence-corrected chi connectivity index (χ0v) is 6.95. The van der Waals surface area contributed by atoms with Crippen LogP contribution < -0.4 is 0 Å². The summed E-state index contributed by atoms with van der Waals surface area (Å²) in [5, 5.41) is 6.33. The van der Waals surface area contributed by atoms with E-state index in [9.17, 15) is 4.39 Å². The van der Waals surface area contributed by atoms with Crippen LogP contribution in [0.1, 0.15) is 11.7 Å². The minimum absolute atomic E-state index is 0.0584. The van der Waals surface area contributed by atoms with E-state index in [2.05, 4.69) is 20.1 Å². The molecule has 0 unspecified atom stereocenters. The van der Waals surface area contributed by atoms with E-state index in [4.69, 9.17) is 11.1 Å². The van der Waals surface area contributed by atoms with Gasteiger partial charge >= 0.3 is 0 Å². The van der Waals surface area contributed by atoms with E-state index in [-0.39, 0.29) is 5.56 Å². The summed E-state index contributed by atoms with van der Waals surface area (Å²) in [5.74, 6) is -0.572. The lowest BCUT2D eigenvalue weighted by atomic mass is 10.2. The molecule has 0 spiro atoms. The van der Waals surface area contributed by atoms with Crippen molar-refractivity contribution in [2.45, 2.75) is 6.17 Å². The van der Waals surface area contributed by atoms with Gasteiger partial charge in [0.05, 0.1) is 0 Å². The van der Waals surface area contributed by atoms with Crippen molar-refractivity contribution >= 4 is 0 Å². The summed E-state index contributed by atoms with van der Waals surface area (Å²) in [6.45, 7) is 0. The smallest absolute Gasteiger partial charge is 0.144 e. The molecule has 7 heteroatoms. The second kappa shape index (κ2) is 4.71. The Kier molecular flexibility index (Phi) is 3.32. The van der Waals surface area contributed by atoms with Crippen LogP contribution in [0.2, 0.25) is 0 Å². The second-order valence-electron chi connectivity index (χ2n) is 2.31. The second-order valence-corrected chi connectivity index (χ2v) is 2.31. The van der Waals surface area contributed by atoms with Gasteiger partial charge in [-0.3, -0.25) is 0 Å². The molecule has 0 heterocycles. The van der Waals surface area contributed by atoms with Gasteiger partial charge in [-0.05, 0) is 17.1 Å². The standard InChI is InChI=1S/C7H5FN6/c8-6-4-2-1-3-5(6)7(11-13-9)12-14-10/h1-4,7H. The summed E-state index contributed by atoms with van der Waals surface area (Å²) in [6, 6.07) is 5.64. The maximum absolute atomic E-state index is 13.1. The summed E-state index contributed by atoms with van der Waals surface area (Å²) in [5.41, 5.74) is 16.4. The number of hydrogen-bond donors (Lipinski definition) is 0. The van der Waals surface area contributed by atoms with Crippen molar-refractivity contribution in [1.29, 1.82) is 0 Å². The summed E-state index contributed by atoms with van der Waals surface area (Å²) in [7, 11) is 0. The van der Waals surface area contributed by atoms with Gasteiger partial charge in [-0.25, -0.2) is 4.39 Å². The molecular formula is C7H5FN6. The number of nitrogens with zero attached hydrogens (tertiary/aromatic N) is 6. The Morgan fingerprint density at radius 1 is 1.14 bits per heavy atom. The largest absolute Gasteiger partial charge is 0.207 e. The first-order valence-electron chi connectivity index (χ1n) is 3.62. The van der Waals surface area contributed by atoms with Gasteiger partial charge in [0.1, 0.15) is 12.0 Å². The Labute approximate surface area is 78.2 Å². The highest BCUT2D eigenvalue weighted by atomic mass is 19.1. The molecule has 0 radical (unpaired) electrons. The van der Waals surface area contributed by atoms with Crippen LogP contribution in [0.3, 0.4) is 0 Å². The maximum Gasteiger partial charge on any atom is 0.144 e. The molecule has 1 rings (SSSR count). The van der Waals surface area contributed by atoms with Gasteiger partial charge in [-0.2, -0.15) is 0 Å². The predicted octanol–water partition coefficient (Wildman–Crippen LogP) is 3.44. The fourth-order valence-corrected chi connectivity index (χ4v) is 0.930. The third kappa shape index (κ3) is 2.13. The lowest BCUT2D eigenvalue weighted by Gasteiger charge is -2.04. The first-order valence-corrected chi connectivity index (χ1v) is 3.62. The van der Waals surface area contributed by atoms with E-state index in [1.54, 1.807) is 6.07 Å². The lowest BCUT2D eigenvalue weighted by molar-refractivity contribution is 0.586. The van der Waals surface area contributed by atoms with Crippen molar-refractivity contribution in [3.8, 4) is 0 Å². The van der Waals surface area contributed by atoms with Gasteiger partial charge in [-0.15, -0.1) is 0 Å². The Bertz CT molecular complexity index is 400. The van der Waals surface area contributed by atoms with Gasteiger partial charge < -0.3 is 0 Å². The summed E-state index contributed by atoms with van der Waals surface area (Å²) in [4.78, 5) is 4.93. The Morgan fingerprint density at radius 2 is 1.71 bits per heavy atom. The summed E-state index contributed by atoms with van der Waals surface area (Å²) >= 11 is 0. The number of halogens is 1. The molecular weight excluding hydrogens is 187 g/mol. The van der Waals surface area contributed by atoms with E-state index in [0.717, 1.165) is 0 Å². The van der Waals surface area contributed by atoms with Crippen molar-refractivity contribution in [3.63, 3.8) is 0 Å². The van der Waals surface area contributed by atoms with Crippen LogP contribution in [0.5, 0.6) is 0 Å². The quantitative estimate of drug-likeness (QED) is 0.398. The van der Waals surface area contributed by atoms with Crippen molar-refractivity contribution in [1.82, 2.24) is 0 Å².